The Morgan fingerprint density at radius 3 is 2.21 bits per heavy atom. The Hall–Kier alpha value is -2.35. The number of hydrogen-bond donors (Lipinski definition) is 0. The van der Waals surface area contributed by atoms with Crippen LogP contribution in [0.4, 0.5) is 5.69 Å². The van der Waals surface area contributed by atoms with Gasteiger partial charge in [-0.2, -0.15) is 0 Å². The van der Waals surface area contributed by atoms with Crippen molar-refractivity contribution in [2.24, 2.45) is 10.8 Å². The number of fused-ring (bicyclic) bond motifs is 3. The molecule has 0 saturated carbocycles. The largest absolute Gasteiger partial charge is 0.314 e. The van der Waals surface area contributed by atoms with Crippen LogP contribution in [0.3, 0.4) is 0 Å². The standard InChI is InChI=1S/C22H23NO/c1-21(2)14-22(3)19(18(21)15-10-6-5-7-11-15)16-12-8-9-13-17(16)23(4)20(22)24/h5-13H,14H2,1-4H3. The number of allylic oxidation sites excluding steroid dienone is 1. The van der Waals surface area contributed by atoms with Gasteiger partial charge < -0.3 is 4.90 Å². The minimum Gasteiger partial charge on any atom is -0.314 e. The molecule has 2 nitrogen and oxygen atoms in total. The summed E-state index contributed by atoms with van der Waals surface area (Å²) in [6.45, 7) is 6.65. The zero-order valence-corrected chi connectivity index (χ0v) is 14.8. The molecule has 122 valence electrons. The molecule has 2 aromatic carbocycles. The van der Waals surface area contributed by atoms with Gasteiger partial charge in [0, 0.05) is 12.6 Å². The summed E-state index contributed by atoms with van der Waals surface area (Å²) in [5, 5.41) is 0. The molecule has 24 heavy (non-hydrogen) atoms. The molecule has 0 bridgehead atoms. The summed E-state index contributed by atoms with van der Waals surface area (Å²) < 4.78 is 0. The summed E-state index contributed by atoms with van der Waals surface area (Å²) in [5.41, 5.74) is 5.48. The van der Waals surface area contributed by atoms with Gasteiger partial charge in [-0.25, -0.2) is 0 Å². The van der Waals surface area contributed by atoms with E-state index in [1.165, 1.54) is 22.3 Å². The number of rotatable bonds is 1. The second-order valence-electron chi connectivity index (χ2n) is 7.89. The molecular weight excluding hydrogens is 294 g/mol. The third-order valence-corrected chi connectivity index (χ3v) is 5.65. The number of carbonyl (C=O) groups excluding carboxylic acids is 1. The number of hydrogen-bond acceptors (Lipinski definition) is 1. The molecule has 0 fully saturated rings. The van der Waals surface area contributed by atoms with E-state index < -0.39 is 5.41 Å². The third-order valence-electron chi connectivity index (χ3n) is 5.65. The normalized spacial score (nSPS) is 24.8. The first-order chi connectivity index (χ1) is 11.4. The van der Waals surface area contributed by atoms with Crippen molar-refractivity contribution in [1.29, 1.82) is 0 Å². The highest BCUT2D eigenvalue weighted by Gasteiger charge is 2.55. The highest BCUT2D eigenvalue weighted by atomic mass is 16.2. The maximum atomic E-state index is 13.2. The molecule has 2 heteroatoms. The summed E-state index contributed by atoms with van der Waals surface area (Å²) in [4.78, 5) is 15.1. The first-order valence-corrected chi connectivity index (χ1v) is 8.54. The van der Waals surface area contributed by atoms with E-state index in [1.807, 2.05) is 30.1 Å². The molecule has 4 rings (SSSR count). The van der Waals surface area contributed by atoms with Gasteiger partial charge in [0.05, 0.1) is 11.1 Å². The number of para-hydroxylation sites is 1. The van der Waals surface area contributed by atoms with E-state index in [2.05, 4.69) is 57.2 Å². The number of amides is 1. The van der Waals surface area contributed by atoms with Crippen molar-refractivity contribution in [3.8, 4) is 0 Å². The van der Waals surface area contributed by atoms with Crippen molar-refractivity contribution in [3.63, 3.8) is 0 Å². The highest BCUT2D eigenvalue weighted by molar-refractivity contribution is 6.18. The van der Waals surface area contributed by atoms with Crippen molar-refractivity contribution >= 4 is 22.7 Å². The van der Waals surface area contributed by atoms with Gasteiger partial charge in [0.15, 0.2) is 0 Å². The molecule has 1 unspecified atom stereocenters. The van der Waals surface area contributed by atoms with Crippen molar-refractivity contribution < 1.29 is 4.79 Å². The molecule has 1 atom stereocenters. The fraction of sp³-hybridized carbons (Fsp3) is 0.318. The number of anilines is 1. The maximum absolute atomic E-state index is 13.2. The Bertz CT molecular complexity index is 863. The van der Waals surface area contributed by atoms with Gasteiger partial charge in [-0.05, 0) is 41.5 Å². The summed E-state index contributed by atoms with van der Waals surface area (Å²) in [7, 11) is 1.90. The second kappa shape index (κ2) is 4.83. The summed E-state index contributed by atoms with van der Waals surface area (Å²) in [6, 6.07) is 18.8. The van der Waals surface area contributed by atoms with Crippen LogP contribution in [0.1, 0.15) is 38.3 Å². The number of benzene rings is 2. The van der Waals surface area contributed by atoms with Crippen LogP contribution < -0.4 is 4.90 Å². The van der Waals surface area contributed by atoms with Gasteiger partial charge in [0.1, 0.15) is 0 Å². The molecule has 1 amide bonds. The van der Waals surface area contributed by atoms with Crippen LogP contribution in [0.25, 0.3) is 11.1 Å². The molecule has 0 radical (unpaired) electrons. The van der Waals surface area contributed by atoms with Crippen LogP contribution in [-0.2, 0) is 4.79 Å². The second-order valence-corrected chi connectivity index (χ2v) is 7.89. The average Bonchev–Trinajstić information content (AvgIpc) is 2.80. The topological polar surface area (TPSA) is 20.3 Å². The predicted molar refractivity (Wildman–Crippen MR) is 99.6 cm³/mol. The molecule has 0 spiro atoms. The average molecular weight is 317 g/mol. The fourth-order valence-corrected chi connectivity index (χ4v) is 4.89. The van der Waals surface area contributed by atoms with Crippen LogP contribution in [0.15, 0.2) is 54.6 Å². The lowest BCUT2D eigenvalue weighted by atomic mass is 9.73. The fourth-order valence-electron chi connectivity index (χ4n) is 4.89. The van der Waals surface area contributed by atoms with Gasteiger partial charge in [-0.3, -0.25) is 4.79 Å². The van der Waals surface area contributed by atoms with Crippen LogP contribution >= 0.6 is 0 Å². The van der Waals surface area contributed by atoms with E-state index >= 15 is 0 Å². The van der Waals surface area contributed by atoms with Crippen LogP contribution in [0.5, 0.6) is 0 Å². The molecule has 2 aliphatic rings. The van der Waals surface area contributed by atoms with E-state index in [4.69, 9.17) is 0 Å². The monoisotopic (exact) mass is 317 g/mol. The number of carbonyl (C=O) groups is 1. The van der Waals surface area contributed by atoms with Gasteiger partial charge >= 0.3 is 0 Å². The van der Waals surface area contributed by atoms with Crippen molar-refractivity contribution in [3.05, 3.63) is 65.7 Å². The first kappa shape index (κ1) is 15.2. The van der Waals surface area contributed by atoms with Gasteiger partial charge in [-0.1, -0.05) is 62.4 Å². The molecule has 0 N–H and O–H groups in total. The Morgan fingerprint density at radius 1 is 0.875 bits per heavy atom. The summed E-state index contributed by atoms with van der Waals surface area (Å²) >= 11 is 0. The minimum atomic E-state index is -0.461. The third kappa shape index (κ3) is 1.86. The SMILES string of the molecule is CN1C(=O)C2(C)CC(C)(C)C(c3ccccc3)=C2c2ccccc21. The van der Waals surface area contributed by atoms with E-state index in [0.29, 0.717) is 0 Å². The van der Waals surface area contributed by atoms with Crippen LogP contribution in [-0.4, -0.2) is 13.0 Å². The van der Waals surface area contributed by atoms with Crippen molar-refractivity contribution in [1.82, 2.24) is 0 Å². The Balaban J connectivity index is 2.12. The quantitative estimate of drug-likeness (QED) is 0.724. The van der Waals surface area contributed by atoms with Gasteiger partial charge in [0.2, 0.25) is 5.91 Å². The van der Waals surface area contributed by atoms with Gasteiger partial charge in [0.25, 0.3) is 0 Å². The van der Waals surface area contributed by atoms with E-state index in [1.54, 1.807) is 0 Å². The number of nitrogens with zero attached hydrogens (tertiary/aromatic N) is 1. The summed E-state index contributed by atoms with van der Waals surface area (Å²) in [6.07, 6.45) is 0.844. The predicted octanol–water partition coefficient (Wildman–Crippen LogP) is 5.01. The Labute approximate surface area is 143 Å². The van der Waals surface area contributed by atoms with Crippen molar-refractivity contribution in [2.45, 2.75) is 27.2 Å². The molecular formula is C22H23NO. The first-order valence-electron chi connectivity index (χ1n) is 8.54. The Kier molecular flexibility index (Phi) is 3.05. The highest BCUT2D eigenvalue weighted by Crippen LogP contribution is 2.63. The van der Waals surface area contributed by atoms with Crippen LogP contribution in [0, 0.1) is 10.8 Å². The van der Waals surface area contributed by atoms with E-state index in [-0.39, 0.29) is 11.3 Å². The lowest BCUT2D eigenvalue weighted by molar-refractivity contribution is -0.125. The van der Waals surface area contributed by atoms with Gasteiger partial charge in [-0.15, -0.1) is 0 Å². The summed E-state index contributed by atoms with van der Waals surface area (Å²) in [5.74, 6) is 0.204. The smallest absolute Gasteiger partial charge is 0.237 e. The van der Waals surface area contributed by atoms with E-state index in [9.17, 15) is 4.79 Å². The zero-order valence-electron chi connectivity index (χ0n) is 14.8. The minimum absolute atomic E-state index is 0.0423. The maximum Gasteiger partial charge on any atom is 0.237 e. The molecule has 1 aliphatic heterocycles. The molecule has 1 aliphatic carbocycles. The van der Waals surface area contributed by atoms with E-state index in [0.717, 1.165) is 12.1 Å². The molecule has 0 aromatic heterocycles. The molecule has 1 heterocycles. The molecule has 0 saturated heterocycles. The Morgan fingerprint density at radius 2 is 1.50 bits per heavy atom. The lowest BCUT2D eigenvalue weighted by Crippen LogP contribution is -2.44. The lowest BCUT2D eigenvalue weighted by Gasteiger charge is -2.39. The van der Waals surface area contributed by atoms with Crippen molar-refractivity contribution in [2.75, 3.05) is 11.9 Å². The van der Waals surface area contributed by atoms with Crippen LogP contribution in [0.2, 0.25) is 0 Å². The molecule has 2 aromatic rings. The zero-order chi connectivity index (χ0) is 17.1.